The molecule has 0 aliphatic carbocycles. The summed E-state index contributed by atoms with van der Waals surface area (Å²) in [6, 6.07) is 9.52. The fourth-order valence-corrected chi connectivity index (χ4v) is 3.26. The minimum Gasteiger partial charge on any atom is -0.494 e. The van der Waals surface area contributed by atoms with Gasteiger partial charge in [-0.25, -0.2) is 0 Å². The second kappa shape index (κ2) is 8.43. The van der Waals surface area contributed by atoms with Crippen LogP contribution in [0.25, 0.3) is 0 Å². The first-order valence-electron chi connectivity index (χ1n) is 8.33. The van der Waals surface area contributed by atoms with Gasteiger partial charge < -0.3 is 14.3 Å². The van der Waals surface area contributed by atoms with Crippen LogP contribution in [0.4, 0.5) is 0 Å². The van der Waals surface area contributed by atoms with E-state index in [1.54, 1.807) is 24.3 Å². The number of halogens is 2. The summed E-state index contributed by atoms with van der Waals surface area (Å²) < 4.78 is 11.5. The topological polar surface area (TPSA) is 105 Å². The van der Waals surface area contributed by atoms with Crippen molar-refractivity contribution < 1.29 is 19.1 Å². The predicted octanol–water partition coefficient (Wildman–Crippen LogP) is 3.94. The molecule has 0 amide bonds. The summed E-state index contributed by atoms with van der Waals surface area (Å²) in [7, 11) is 0. The Hall–Kier alpha value is -3.21. The zero-order valence-electron chi connectivity index (χ0n) is 15.1. The number of carbonyl (C=O) groups excluding carboxylic acids is 1. The van der Waals surface area contributed by atoms with Crippen LogP contribution in [0, 0.1) is 18.3 Å². The zero-order valence-corrected chi connectivity index (χ0v) is 16.6. The predicted molar refractivity (Wildman–Crippen MR) is 106 cm³/mol. The Morgan fingerprint density at radius 2 is 2.10 bits per heavy atom. The number of nitrogens with zero attached hydrogens (tertiary/aromatic N) is 2. The number of nitriles is 1. The summed E-state index contributed by atoms with van der Waals surface area (Å²) in [5, 5.41) is 20.6. The first-order chi connectivity index (χ1) is 13.8. The normalized spacial score (nSPS) is 10.6. The number of rotatable bonds is 6. The molecule has 3 aromatic rings. The van der Waals surface area contributed by atoms with Gasteiger partial charge in [0.2, 0.25) is 11.7 Å². The van der Waals surface area contributed by atoms with Gasteiger partial charge in [0.15, 0.2) is 6.61 Å². The van der Waals surface area contributed by atoms with Crippen molar-refractivity contribution in [2.24, 2.45) is 0 Å². The van der Waals surface area contributed by atoms with E-state index in [-0.39, 0.29) is 34.0 Å². The van der Waals surface area contributed by atoms with Crippen LogP contribution in [0.5, 0.6) is 11.6 Å². The van der Waals surface area contributed by atoms with Crippen molar-refractivity contribution in [3.8, 4) is 17.7 Å². The molecule has 0 aliphatic heterocycles. The van der Waals surface area contributed by atoms with Crippen molar-refractivity contribution in [1.82, 2.24) is 4.57 Å². The monoisotopic (exact) mass is 432 g/mol. The number of ether oxygens (including phenoxy) is 1. The number of ketones is 1. The molecule has 0 radical (unpaired) electrons. The first-order valence-corrected chi connectivity index (χ1v) is 9.09. The average molecular weight is 433 g/mol. The zero-order chi connectivity index (χ0) is 21.1. The number of Topliss-reactive ketones (excluding diaryl/α,β-unsaturated/α-hetero) is 1. The van der Waals surface area contributed by atoms with E-state index in [1.165, 1.54) is 25.3 Å². The van der Waals surface area contributed by atoms with Crippen LogP contribution < -0.4 is 10.3 Å². The fourth-order valence-electron chi connectivity index (χ4n) is 2.80. The molecule has 0 aliphatic rings. The highest BCUT2D eigenvalue weighted by Gasteiger charge is 2.25. The average Bonchev–Trinajstić information content (AvgIpc) is 3.18. The Bertz CT molecular complexity index is 1180. The van der Waals surface area contributed by atoms with E-state index in [4.69, 9.17) is 32.4 Å². The van der Waals surface area contributed by atoms with Crippen LogP contribution in [0.15, 0.2) is 45.8 Å². The molecule has 9 heteroatoms. The van der Waals surface area contributed by atoms with E-state index < -0.39 is 23.8 Å². The van der Waals surface area contributed by atoms with Crippen molar-refractivity contribution in [3.05, 3.63) is 79.4 Å². The molecule has 0 bridgehead atoms. The third kappa shape index (κ3) is 4.14. The largest absolute Gasteiger partial charge is 0.494 e. The molecule has 1 N–H and O–H groups in total. The lowest BCUT2D eigenvalue weighted by molar-refractivity contribution is 0.0916. The molecule has 148 valence electrons. The summed E-state index contributed by atoms with van der Waals surface area (Å²) in [5.41, 5.74) is -1.08. The smallest absolute Gasteiger partial charge is 0.271 e. The quantitative estimate of drug-likeness (QED) is 0.591. The van der Waals surface area contributed by atoms with E-state index in [0.717, 1.165) is 4.57 Å². The Kier molecular flexibility index (Phi) is 5.97. The summed E-state index contributed by atoms with van der Waals surface area (Å²) in [4.78, 5) is 25.3. The van der Waals surface area contributed by atoms with Gasteiger partial charge in [-0.1, -0.05) is 23.2 Å². The number of furan rings is 1. The van der Waals surface area contributed by atoms with Gasteiger partial charge in [0.25, 0.3) is 5.56 Å². The number of benzene rings is 1. The standard InChI is InChI=1S/C20H14Cl2N2O5/c1-11-14(8-23)19(26)24(9-13-3-2-6-28-13)20(27)18(11)16(25)10-29-17-5-4-12(21)7-15(17)22/h2-7,27H,9-10H2,1H3. The molecule has 7 nitrogen and oxygen atoms in total. The molecule has 0 saturated carbocycles. The van der Waals surface area contributed by atoms with Gasteiger partial charge >= 0.3 is 0 Å². The summed E-state index contributed by atoms with van der Waals surface area (Å²) in [5.74, 6) is -0.599. The highest BCUT2D eigenvalue weighted by atomic mass is 35.5. The van der Waals surface area contributed by atoms with Crippen LogP contribution in [-0.4, -0.2) is 22.1 Å². The van der Waals surface area contributed by atoms with E-state index >= 15 is 0 Å². The van der Waals surface area contributed by atoms with Gasteiger partial charge in [-0.2, -0.15) is 5.26 Å². The van der Waals surface area contributed by atoms with Crippen molar-refractivity contribution in [3.63, 3.8) is 0 Å². The van der Waals surface area contributed by atoms with Crippen molar-refractivity contribution >= 4 is 29.0 Å². The maximum Gasteiger partial charge on any atom is 0.271 e. The van der Waals surface area contributed by atoms with Gasteiger partial charge in [0, 0.05) is 5.02 Å². The highest BCUT2D eigenvalue weighted by molar-refractivity contribution is 6.35. The second-order valence-corrected chi connectivity index (χ2v) is 6.91. The number of aromatic hydroxyl groups is 1. The van der Waals surface area contributed by atoms with Crippen LogP contribution in [0.1, 0.15) is 27.2 Å². The molecule has 0 atom stereocenters. The molecule has 2 heterocycles. The van der Waals surface area contributed by atoms with Gasteiger partial charge in [-0.15, -0.1) is 0 Å². The van der Waals surface area contributed by atoms with Gasteiger partial charge in [0.05, 0.1) is 23.4 Å². The fraction of sp³-hybridized carbons (Fsp3) is 0.150. The minimum atomic E-state index is -0.725. The van der Waals surface area contributed by atoms with Gasteiger partial charge in [-0.05, 0) is 42.8 Å². The van der Waals surface area contributed by atoms with Crippen molar-refractivity contribution in [1.29, 1.82) is 5.26 Å². The van der Waals surface area contributed by atoms with Crippen molar-refractivity contribution in [2.45, 2.75) is 13.5 Å². The van der Waals surface area contributed by atoms with E-state index in [9.17, 15) is 20.0 Å². The summed E-state index contributed by atoms with van der Waals surface area (Å²) >= 11 is 11.9. The number of aromatic nitrogens is 1. The number of pyridine rings is 1. The van der Waals surface area contributed by atoms with Crippen LogP contribution in [0.3, 0.4) is 0 Å². The van der Waals surface area contributed by atoms with E-state index in [2.05, 4.69) is 0 Å². The molecule has 0 fully saturated rings. The first kappa shape index (κ1) is 20.5. The SMILES string of the molecule is Cc1c(C(=O)COc2ccc(Cl)cc2Cl)c(O)n(Cc2ccco2)c(=O)c1C#N. The summed E-state index contributed by atoms with van der Waals surface area (Å²) in [6.07, 6.45) is 1.41. The number of hydrogen-bond acceptors (Lipinski definition) is 6. The Labute approximate surface area is 175 Å². The second-order valence-electron chi connectivity index (χ2n) is 6.07. The maximum atomic E-state index is 12.8. The molecular formula is C20H14Cl2N2O5. The lowest BCUT2D eigenvalue weighted by Crippen LogP contribution is -2.28. The van der Waals surface area contributed by atoms with E-state index in [1.807, 2.05) is 0 Å². The number of carbonyl (C=O) groups is 1. The van der Waals surface area contributed by atoms with Crippen LogP contribution >= 0.6 is 23.2 Å². The third-order valence-corrected chi connectivity index (χ3v) is 4.76. The molecule has 0 saturated heterocycles. The molecule has 29 heavy (non-hydrogen) atoms. The van der Waals surface area contributed by atoms with Gasteiger partial charge in [0.1, 0.15) is 23.1 Å². The maximum absolute atomic E-state index is 12.8. The minimum absolute atomic E-state index is 0.0708. The third-order valence-electron chi connectivity index (χ3n) is 4.23. The molecular weight excluding hydrogens is 419 g/mol. The Morgan fingerprint density at radius 1 is 1.34 bits per heavy atom. The van der Waals surface area contributed by atoms with Crippen molar-refractivity contribution in [2.75, 3.05) is 6.61 Å². The molecule has 2 aromatic heterocycles. The van der Waals surface area contributed by atoms with Crippen LogP contribution in [0.2, 0.25) is 10.0 Å². The van der Waals surface area contributed by atoms with E-state index in [0.29, 0.717) is 10.8 Å². The molecule has 0 unspecified atom stereocenters. The molecule has 3 rings (SSSR count). The lowest BCUT2D eigenvalue weighted by atomic mass is 10.0. The highest BCUT2D eigenvalue weighted by Crippen LogP contribution is 2.28. The molecule has 0 spiro atoms. The van der Waals surface area contributed by atoms with Crippen LogP contribution in [-0.2, 0) is 6.54 Å². The molecule has 1 aromatic carbocycles. The Morgan fingerprint density at radius 3 is 2.72 bits per heavy atom. The lowest BCUT2D eigenvalue weighted by Gasteiger charge is -2.15. The summed E-state index contributed by atoms with van der Waals surface area (Å²) in [6.45, 7) is 0.801. The number of hydrogen-bond donors (Lipinski definition) is 1. The van der Waals surface area contributed by atoms with Gasteiger partial charge in [-0.3, -0.25) is 14.2 Å². The Balaban J connectivity index is 1.98.